The van der Waals surface area contributed by atoms with E-state index in [4.69, 9.17) is 4.74 Å². The topological polar surface area (TPSA) is 84.5 Å². The molecule has 0 aromatic heterocycles. The van der Waals surface area contributed by atoms with Crippen molar-refractivity contribution >= 4 is 21.6 Å². The highest BCUT2D eigenvalue weighted by Crippen LogP contribution is 2.17. The molecule has 0 fully saturated rings. The molecule has 0 spiro atoms. The number of methoxy groups -OCH3 is 1. The van der Waals surface area contributed by atoms with Gasteiger partial charge in [0.05, 0.1) is 12.0 Å². The molecule has 0 aliphatic carbocycles. The Bertz CT molecular complexity index is 846. The van der Waals surface area contributed by atoms with E-state index in [1.807, 2.05) is 13.0 Å². The summed E-state index contributed by atoms with van der Waals surface area (Å²) in [6.45, 7) is 3.68. The number of aryl methyl sites for hydroxylation is 2. The molecule has 0 atom stereocenters. The predicted molar refractivity (Wildman–Crippen MR) is 97.3 cm³/mol. The van der Waals surface area contributed by atoms with Crippen LogP contribution in [0.5, 0.6) is 5.75 Å². The predicted octanol–water partition coefficient (Wildman–Crippen LogP) is 2.62. The number of benzene rings is 2. The second-order valence-corrected chi connectivity index (χ2v) is 7.43. The van der Waals surface area contributed by atoms with Gasteiger partial charge in [0.1, 0.15) is 5.75 Å². The fraction of sp³-hybridized carbons (Fsp3) is 0.278. The van der Waals surface area contributed by atoms with E-state index in [1.54, 1.807) is 50.4 Å². The Balaban J connectivity index is 1.89. The smallest absolute Gasteiger partial charge is 0.240 e. The summed E-state index contributed by atoms with van der Waals surface area (Å²) < 4.78 is 32.1. The van der Waals surface area contributed by atoms with Crippen LogP contribution in [0.3, 0.4) is 0 Å². The molecule has 0 unspecified atom stereocenters. The van der Waals surface area contributed by atoms with Crippen molar-refractivity contribution in [2.24, 2.45) is 0 Å². The van der Waals surface area contributed by atoms with E-state index in [0.29, 0.717) is 17.0 Å². The maximum absolute atomic E-state index is 12.3. The van der Waals surface area contributed by atoms with Gasteiger partial charge >= 0.3 is 0 Å². The standard InChI is InChI=1S/C18H22N2O4S/c1-13-4-9-17(14(2)12-13)25(22,23)19-11-10-18(21)20-15-5-7-16(24-3)8-6-15/h4-9,12,19H,10-11H2,1-3H3,(H,20,21). The zero-order chi connectivity index (χ0) is 18.4. The van der Waals surface area contributed by atoms with Gasteiger partial charge in [-0.25, -0.2) is 13.1 Å². The number of nitrogens with one attached hydrogen (secondary N) is 2. The summed E-state index contributed by atoms with van der Waals surface area (Å²) in [5.41, 5.74) is 2.30. The minimum atomic E-state index is -3.63. The summed E-state index contributed by atoms with van der Waals surface area (Å²) in [4.78, 5) is 12.2. The molecule has 2 rings (SSSR count). The maximum Gasteiger partial charge on any atom is 0.240 e. The SMILES string of the molecule is COc1ccc(NC(=O)CCNS(=O)(=O)c2ccc(C)cc2C)cc1. The minimum absolute atomic E-state index is 0.0254. The van der Waals surface area contributed by atoms with E-state index in [-0.39, 0.29) is 23.8 Å². The zero-order valence-electron chi connectivity index (χ0n) is 14.5. The van der Waals surface area contributed by atoms with Gasteiger partial charge in [-0.3, -0.25) is 4.79 Å². The minimum Gasteiger partial charge on any atom is -0.497 e. The highest BCUT2D eigenvalue weighted by Gasteiger charge is 2.16. The Kier molecular flexibility index (Phi) is 6.17. The monoisotopic (exact) mass is 362 g/mol. The molecule has 2 aromatic carbocycles. The van der Waals surface area contributed by atoms with Gasteiger partial charge in [0.25, 0.3) is 0 Å². The first-order chi connectivity index (χ1) is 11.8. The van der Waals surface area contributed by atoms with E-state index >= 15 is 0 Å². The molecule has 0 saturated carbocycles. The summed E-state index contributed by atoms with van der Waals surface area (Å²) >= 11 is 0. The Morgan fingerprint density at radius 1 is 1.08 bits per heavy atom. The molecular weight excluding hydrogens is 340 g/mol. The molecule has 0 aliphatic heterocycles. The zero-order valence-corrected chi connectivity index (χ0v) is 15.3. The van der Waals surface area contributed by atoms with Crippen LogP contribution in [0.25, 0.3) is 0 Å². The number of rotatable bonds is 7. The van der Waals surface area contributed by atoms with Gasteiger partial charge in [-0.05, 0) is 49.7 Å². The summed E-state index contributed by atoms with van der Waals surface area (Å²) in [5.74, 6) is 0.424. The Labute approximate surface area is 148 Å². The lowest BCUT2D eigenvalue weighted by molar-refractivity contribution is -0.116. The van der Waals surface area contributed by atoms with Crippen LogP contribution >= 0.6 is 0 Å². The van der Waals surface area contributed by atoms with E-state index in [0.717, 1.165) is 5.56 Å². The van der Waals surface area contributed by atoms with Crippen LogP contribution in [-0.2, 0) is 14.8 Å². The van der Waals surface area contributed by atoms with Crippen LogP contribution in [0.2, 0.25) is 0 Å². The first kappa shape index (κ1) is 19.0. The van der Waals surface area contributed by atoms with Gasteiger partial charge in [-0.2, -0.15) is 0 Å². The number of carbonyl (C=O) groups is 1. The molecule has 6 nitrogen and oxygen atoms in total. The summed E-state index contributed by atoms with van der Waals surface area (Å²) in [7, 11) is -2.07. The van der Waals surface area contributed by atoms with Crippen molar-refractivity contribution in [2.75, 3.05) is 19.0 Å². The van der Waals surface area contributed by atoms with Crippen LogP contribution < -0.4 is 14.8 Å². The van der Waals surface area contributed by atoms with Gasteiger partial charge in [0.15, 0.2) is 0 Å². The van der Waals surface area contributed by atoms with Crippen molar-refractivity contribution in [3.63, 3.8) is 0 Å². The molecule has 0 saturated heterocycles. The maximum atomic E-state index is 12.3. The summed E-state index contributed by atoms with van der Waals surface area (Å²) in [5, 5.41) is 2.71. The van der Waals surface area contributed by atoms with Crippen LogP contribution in [0, 0.1) is 13.8 Å². The Morgan fingerprint density at radius 2 is 1.76 bits per heavy atom. The lowest BCUT2D eigenvalue weighted by Crippen LogP contribution is -2.28. The van der Waals surface area contributed by atoms with Crippen molar-refractivity contribution in [1.82, 2.24) is 4.72 Å². The third-order valence-electron chi connectivity index (χ3n) is 3.64. The molecule has 2 N–H and O–H groups in total. The van der Waals surface area contributed by atoms with E-state index in [1.165, 1.54) is 0 Å². The third kappa shape index (κ3) is 5.30. The molecule has 1 amide bonds. The van der Waals surface area contributed by atoms with Crippen LogP contribution in [-0.4, -0.2) is 28.0 Å². The normalized spacial score (nSPS) is 11.2. The molecule has 0 bridgehead atoms. The first-order valence-corrected chi connectivity index (χ1v) is 9.31. The van der Waals surface area contributed by atoms with E-state index < -0.39 is 10.0 Å². The van der Waals surface area contributed by atoms with Crippen LogP contribution in [0.15, 0.2) is 47.4 Å². The highest BCUT2D eigenvalue weighted by molar-refractivity contribution is 7.89. The second kappa shape index (κ2) is 8.13. The van der Waals surface area contributed by atoms with E-state index in [2.05, 4.69) is 10.0 Å². The first-order valence-electron chi connectivity index (χ1n) is 7.82. The molecule has 0 aliphatic rings. The molecule has 0 heterocycles. The van der Waals surface area contributed by atoms with Crippen molar-refractivity contribution < 1.29 is 17.9 Å². The fourth-order valence-electron chi connectivity index (χ4n) is 2.38. The molecular formula is C18H22N2O4S. The average molecular weight is 362 g/mol. The Morgan fingerprint density at radius 3 is 2.36 bits per heavy atom. The van der Waals surface area contributed by atoms with Gasteiger partial charge in [0.2, 0.25) is 15.9 Å². The number of anilines is 1. The molecule has 7 heteroatoms. The molecule has 0 radical (unpaired) electrons. The number of amides is 1. The van der Waals surface area contributed by atoms with E-state index in [9.17, 15) is 13.2 Å². The number of hydrogen-bond donors (Lipinski definition) is 2. The fourth-order valence-corrected chi connectivity index (χ4v) is 3.63. The van der Waals surface area contributed by atoms with Gasteiger partial charge in [-0.15, -0.1) is 0 Å². The lowest BCUT2D eigenvalue weighted by atomic mass is 10.2. The van der Waals surface area contributed by atoms with Crippen molar-refractivity contribution in [2.45, 2.75) is 25.2 Å². The largest absolute Gasteiger partial charge is 0.497 e. The van der Waals surface area contributed by atoms with Crippen molar-refractivity contribution in [3.05, 3.63) is 53.6 Å². The molecule has 25 heavy (non-hydrogen) atoms. The van der Waals surface area contributed by atoms with Crippen LogP contribution in [0.4, 0.5) is 5.69 Å². The summed E-state index contributed by atoms with van der Waals surface area (Å²) in [6, 6.07) is 12.0. The number of ether oxygens (including phenoxy) is 1. The van der Waals surface area contributed by atoms with Crippen molar-refractivity contribution in [3.8, 4) is 5.75 Å². The van der Waals surface area contributed by atoms with Gasteiger partial charge in [0, 0.05) is 18.7 Å². The van der Waals surface area contributed by atoms with Crippen molar-refractivity contribution in [1.29, 1.82) is 0 Å². The Hall–Kier alpha value is -2.38. The van der Waals surface area contributed by atoms with Gasteiger partial charge in [-0.1, -0.05) is 17.7 Å². The number of hydrogen-bond acceptors (Lipinski definition) is 4. The third-order valence-corrected chi connectivity index (χ3v) is 5.26. The quantitative estimate of drug-likeness (QED) is 0.793. The van der Waals surface area contributed by atoms with Crippen LogP contribution in [0.1, 0.15) is 17.5 Å². The average Bonchev–Trinajstić information content (AvgIpc) is 2.55. The number of sulfonamides is 1. The lowest BCUT2D eigenvalue weighted by Gasteiger charge is -2.10. The van der Waals surface area contributed by atoms with Gasteiger partial charge < -0.3 is 10.1 Å². The highest BCUT2D eigenvalue weighted by atomic mass is 32.2. The molecule has 134 valence electrons. The second-order valence-electron chi connectivity index (χ2n) is 5.69. The summed E-state index contributed by atoms with van der Waals surface area (Å²) in [6.07, 6.45) is 0.0379. The molecule has 2 aromatic rings. The number of carbonyl (C=O) groups excluding carboxylic acids is 1.